The molecule has 0 heterocycles. The highest BCUT2D eigenvalue weighted by Gasteiger charge is 2.23. The maximum Gasteiger partial charge on any atom is 0.131 e. The number of halogens is 4. The maximum absolute atomic E-state index is 14.0. The first kappa shape index (κ1) is 15.9. The molecule has 0 saturated carbocycles. The Morgan fingerprint density at radius 1 is 1.20 bits per heavy atom. The molecular weight excluding hydrogens is 439 g/mol. The van der Waals surface area contributed by atoms with Gasteiger partial charge in [-0.2, -0.15) is 0 Å². The van der Waals surface area contributed by atoms with E-state index in [4.69, 9.17) is 0 Å². The summed E-state index contributed by atoms with van der Waals surface area (Å²) in [5.41, 5.74) is 0.875. The van der Waals surface area contributed by atoms with Crippen molar-refractivity contribution in [2.45, 2.75) is 13.0 Å². The molecule has 0 fully saturated rings. The van der Waals surface area contributed by atoms with E-state index in [1.807, 2.05) is 25.1 Å². The Labute approximate surface area is 139 Å². The van der Waals surface area contributed by atoms with Crippen LogP contribution in [0, 0.1) is 15.2 Å². The van der Waals surface area contributed by atoms with Crippen LogP contribution < -0.4 is 5.32 Å². The van der Waals surface area contributed by atoms with Crippen molar-refractivity contribution in [3.8, 4) is 0 Å². The van der Waals surface area contributed by atoms with Gasteiger partial charge < -0.3 is 5.32 Å². The lowest BCUT2D eigenvalue weighted by molar-refractivity contribution is 0.509. The molecule has 1 atom stereocenters. The van der Waals surface area contributed by atoms with E-state index in [0.717, 1.165) is 13.6 Å². The summed E-state index contributed by atoms with van der Waals surface area (Å²) >= 11 is 5.64. The van der Waals surface area contributed by atoms with Crippen LogP contribution in [0.2, 0.25) is 0 Å². The van der Waals surface area contributed by atoms with Crippen molar-refractivity contribution in [1.29, 1.82) is 0 Å². The fourth-order valence-electron chi connectivity index (χ4n) is 2.09. The Morgan fingerprint density at radius 2 is 1.85 bits per heavy atom. The molecule has 2 aromatic carbocycles. The third kappa shape index (κ3) is 3.38. The van der Waals surface area contributed by atoms with E-state index >= 15 is 0 Å². The van der Waals surface area contributed by atoms with Gasteiger partial charge in [-0.05, 0) is 65.0 Å². The van der Waals surface area contributed by atoms with Gasteiger partial charge in [-0.3, -0.25) is 0 Å². The molecule has 2 rings (SSSR count). The van der Waals surface area contributed by atoms with Crippen molar-refractivity contribution in [2.75, 3.05) is 6.54 Å². The molecule has 20 heavy (non-hydrogen) atoms. The predicted molar refractivity (Wildman–Crippen MR) is 88.7 cm³/mol. The molecule has 1 N–H and O–H groups in total. The average Bonchev–Trinajstić information content (AvgIpc) is 2.40. The summed E-state index contributed by atoms with van der Waals surface area (Å²) in [4.78, 5) is 0. The van der Waals surface area contributed by atoms with E-state index in [1.54, 1.807) is 0 Å². The van der Waals surface area contributed by atoms with Crippen LogP contribution >= 0.6 is 38.5 Å². The van der Waals surface area contributed by atoms with Crippen LogP contribution in [-0.2, 0) is 0 Å². The summed E-state index contributed by atoms with van der Waals surface area (Å²) in [6.45, 7) is 2.52. The van der Waals surface area contributed by atoms with Gasteiger partial charge >= 0.3 is 0 Å². The topological polar surface area (TPSA) is 12.0 Å². The van der Waals surface area contributed by atoms with Crippen LogP contribution in [0.1, 0.15) is 24.1 Å². The molecule has 0 radical (unpaired) electrons. The van der Waals surface area contributed by atoms with Crippen LogP contribution in [0.15, 0.2) is 40.9 Å². The summed E-state index contributed by atoms with van der Waals surface area (Å²) in [6, 6.07) is 9.17. The van der Waals surface area contributed by atoms with Gasteiger partial charge in [-0.25, -0.2) is 8.78 Å². The van der Waals surface area contributed by atoms with Gasteiger partial charge in [-0.1, -0.05) is 28.9 Å². The van der Waals surface area contributed by atoms with Crippen LogP contribution in [0.4, 0.5) is 8.78 Å². The first-order valence-corrected chi connectivity index (χ1v) is 8.04. The second-order valence-electron chi connectivity index (χ2n) is 4.29. The van der Waals surface area contributed by atoms with E-state index in [-0.39, 0.29) is 5.56 Å². The van der Waals surface area contributed by atoms with E-state index < -0.39 is 17.7 Å². The Hall–Kier alpha value is -0.530. The SMILES string of the molecule is CCNC(c1cc(I)ccc1Br)c1c(F)cccc1F. The highest BCUT2D eigenvalue weighted by Crippen LogP contribution is 2.32. The molecule has 0 aliphatic carbocycles. The molecule has 0 aliphatic heterocycles. The minimum atomic E-state index is -0.540. The van der Waals surface area contributed by atoms with Crippen molar-refractivity contribution in [3.05, 3.63) is 67.2 Å². The number of hydrogen-bond acceptors (Lipinski definition) is 1. The molecule has 1 nitrogen and oxygen atoms in total. The molecule has 5 heteroatoms. The average molecular weight is 452 g/mol. The van der Waals surface area contributed by atoms with E-state index in [2.05, 4.69) is 43.8 Å². The number of benzene rings is 2. The molecule has 0 bridgehead atoms. The van der Waals surface area contributed by atoms with Crippen molar-refractivity contribution in [3.63, 3.8) is 0 Å². The van der Waals surface area contributed by atoms with Crippen LogP contribution in [-0.4, -0.2) is 6.54 Å². The van der Waals surface area contributed by atoms with Gasteiger partial charge in [0.25, 0.3) is 0 Å². The molecule has 1 unspecified atom stereocenters. The number of nitrogens with one attached hydrogen (secondary N) is 1. The standard InChI is InChI=1S/C15H13BrF2IN/c1-2-20-15(10-8-9(19)6-7-11(10)16)14-12(17)4-3-5-13(14)18/h3-8,15,20H,2H2,1H3. The zero-order chi connectivity index (χ0) is 14.7. The molecule has 0 saturated heterocycles. The predicted octanol–water partition coefficient (Wildman–Crippen LogP) is 5.03. The molecule has 106 valence electrons. The zero-order valence-electron chi connectivity index (χ0n) is 10.8. The monoisotopic (exact) mass is 451 g/mol. The fraction of sp³-hybridized carbons (Fsp3) is 0.200. The minimum absolute atomic E-state index is 0.0528. The van der Waals surface area contributed by atoms with Gasteiger partial charge in [0, 0.05) is 13.6 Å². The smallest absolute Gasteiger partial charge is 0.131 e. The van der Waals surface area contributed by atoms with Crippen molar-refractivity contribution < 1.29 is 8.78 Å². The highest BCUT2D eigenvalue weighted by atomic mass is 127. The Kier molecular flexibility index (Phi) is 5.51. The summed E-state index contributed by atoms with van der Waals surface area (Å²) in [5.74, 6) is -1.08. The third-order valence-electron chi connectivity index (χ3n) is 2.97. The van der Waals surface area contributed by atoms with Gasteiger partial charge in [-0.15, -0.1) is 0 Å². The van der Waals surface area contributed by atoms with Gasteiger partial charge in [0.15, 0.2) is 0 Å². The first-order valence-electron chi connectivity index (χ1n) is 6.16. The maximum atomic E-state index is 14.0. The first-order chi connectivity index (χ1) is 9.54. The second-order valence-corrected chi connectivity index (χ2v) is 6.39. The molecule has 2 aromatic rings. The fourth-order valence-corrected chi connectivity index (χ4v) is 3.08. The Balaban J connectivity index is 2.59. The second kappa shape index (κ2) is 6.95. The lowest BCUT2D eigenvalue weighted by Gasteiger charge is -2.21. The molecule has 0 amide bonds. The minimum Gasteiger partial charge on any atom is -0.306 e. The van der Waals surface area contributed by atoms with Gasteiger partial charge in [0.1, 0.15) is 11.6 Å². The molecule has 0 aromatic heterocycles. The molecule has 0 aliphatic rings. The van der Waals surface area contributed by atoms with Gasteiger partial charge in [0.05, 0.1) is 6.04 Å². The summed E-state index contributed by atoms with van der Waals surface area (Å²) in [7, 11) is 0. The Bertz CT molecular complexity index is 599. The summed E-state index contributed by atoms with van der Waals surface area (Å²) < 4.78 is 29.9. The van der Waals surface area contributed by atoms with Crippen LogP contribution in [0.3, 0.4) is 0 Å². The van der Waals surface area contributed by atoms with E-state index in [0.29, 0.717) is 6.54 Å². The van der Waals surface area contributed by atoms with Crippen LogP contribution in [0.25, 0.3) is 0 Å². The van der Waals surface area contributed by atoms with Crippen molar-refractivity contribution >= 4 is 38.5 Å². The summed E-state index contributed by atoms with van der Waals surface area (Å²) in [6.07, 6.45) is 0. The zero-order valence-corrected chi connectivity index (χ0v) is 14.5. The number of rotatable bonds is 4. The van der Waals surface area contributed by atoms with E-state index in [1.165, 1.54) is 18.2 Å². The van der Waals surface area contributed by atoms with Crippen LogP contribution in [0.5, 0.6) is 0 Å². The Morgan fingerprint density at radius 3 is 2.45 bits per heavy atom. The van der Waals surface area contributed by atoms with Gasteiger partial charge in [0.2, 0.25) is 0 Å². The quantitative estimate of drug-likeness (QED) is 0.643. The third-order valence-corrected chi connectivity index (χ3v) is 4.36. The molecular formula is C15H13BrF2IN. The summed E-state index contributed by atoms with van der Waals surface area (Å²) in [5, 5.41) is 3.15. The number of hydrogen-bond donors (Lipinski definition) is 1. The highest BCUT2D eigenvalue weighted by molar-refractivity contribution is 14.1. The molecule has 0 spiro atoms. The lowest BCUT2D eigenvalue weighted by atomic mass is 9.97. The normalized spacial score (nSPS) is 12.4. The largest absolute Gasteiger partial charge is 0.306 e. The van der Waals surface area contributed by atoms with Crippen molar-refractivity contribution in [2.24, 2.45) is 0 Å². The lowest BCUT2D eigenvalue weighted by Crippen LogP contribution is -2.24. The van der Waals surface area contributed by atoms with E-state index in [9.17, 15) is 8.78 Å². The van der Waals surface area contributed by atoms with Crippen molar-refractivity contribution in [1.82, 2.24) is 5.32 Å².